The fourth-order valence-corrected chi connectivity index (χ4v) is 2.16. The number of likely N-dealkylation sites (N-methyl/N-ethyl adjacent to an activating group) is 1. The van der Waals surface area contributed by atoms with Crippen molar-refractivity contribution >= 4 is 5.96 Å². The molecule has 0 aromatic carbocycles. The second-order valence-electron chi connectivity index (χ2n) is 5.24. The van der Waals surface area contributed by atoms with Gasteiger partial charge in [-0.25, -0.2) is 0 Å². The second-order valence-corrected chi connectivity index (χ2v) is 5.24. The Balaban J connectivity index is 2.41. The van der Waals surface area contributed by atoms with Crippen LogP contribution in [-0.2, 0) is 4.74 Å². The monoisotopic (exact) mass is 270 g/mol. The molecule has 1 N–H and O–H groups in total. The Hall–Kier alpha value is -0.810. The minimum Gasteiger partial charge on any atom is -0.381 e. The number of guanidine groups is 1. The van der Waals surface area contributed by atoms with Crippen LogP contribution in [0.3, 0.4) is 0 Å². The number of hydrogen-bond donors (Lipinski definition) is 1. The molecular weight excluding hydrogens is 240 g/mol. The van der Waals surface area contributed by atoms with Gasteiger partial charge in [0.05, 0.1) is 13.2 Å². The highest BCUT2D eigenvalue weighted by Gasteiger charge is 2.18. The number of rotatable bonds is 7. The number of nitrogens with zero attached hydrogens (tertiary/aromatic N) is 3. The Labute approximate surface area is 118 Å². The molecule has 0 aromatic rings. The Morgan fingerprint density at radius 1 is 1.37 bits per heavy atom. The van der Waals surface area contributed by atoms with Gasteiger partial charge in [0.15, 0.2) is 5.96 Å². The van der Waals surface area contributed by atoms with E-state index in [0.29, 0.717) is 5.92 Å². The van der Waals surface area contributed by atoms with Gasteiger partial charge < -0.3 is 19.9 Å². The first-order chi connectivity index (χ1) is 9.17. The summed E-state index contributed by atoms with van der Waals surface area (Å²) in [5.74, 6) is 1.66. The van der Waals surface area contributed by atoms with Crippen molar-refractivity contribution in [3.8, 4) is 0 Å². The SMILES string of the molecule is CCNC(=NCCN(C)CC)N(C)CC1CCOC1. The normalized spacial score (nSPS) is 20.1. The molecule has 19 heavy (non-hydrogen) atoms. The van der Waals surface area contributed by atoms with Crippen LogP contribution >= 0.6 is 0 Å². The molecule has 0 aromatic heterocycles. The maximum atomic E-state index is 5.43. The van der Waals surface area contributed by atoms with Crippen LogP contribution in [0.2, 0.25) is 0 Å². The number of nitrogens with one attached hydrogen (secondary N) is 1. The maximum Gasteiger partial charge on any atom is 0.193 e. The van der Waals surface area contributed by atoms with Crippen LogP contribution in [0.1, 0.15) is 20.3 Å². The van der Waals surface area contributed by atoms with E-state index in [-0.39, 0.29) is 0 Å². The van der Waals surface area contributed by atoms with E-state index in [1.807, 2.05) is 0 Å². The lowest BCUT2D eigenvalue weighted by molar-refractivity contribution is 0.181. The van der Waals surface area contributed by atoms with Crippen LogP contribution in [0, 0.1) is 5.92 Å². The molecule has 1 saturated heterocycles. The van der Waals surface area contributed by atoms with Crippen molar-refractivity contribution < 1.29 is 4.74 Å². The van der Waals surface area contributed by atoms with Crippen molar-refractivity contribution in [1.82, 2.24) is 15.1 Å². The lowest BCUT2D eigenvalue weighted by Crippen LogP contribution is -2.41. The van der Waals surface area contributed by atoms with Gasteiger partial charge in [-0.05, 0) is 26.9 Å². The molecule has 1 fully saturated rings. The van der Waals surface area contributed by atoms with Gasteiger partial charge in [-0.2, -0.15) is 0 Å². The number of hydrogen-bond acceptors (Lipinski definition) is 3. The predicted octanol–water partition coefficient (Wildman–Crippen LogP) is 0.872. The molecule has 1 aliphatic heterocycles. The van der Waals surface area contributed by atoms with Gasteiger partial charge in [0, 0.05) is 39.2 Å². The van der Waals surface area contributed by atoms with E-state index in [4.69, 9.17) is 9.73 Å². The summed E-state index contributed by atoms with van der Waals surface area (Å²) < 4.78 is 5.43. The average Bonchev–Trinajstić information content (AvgIpc) is 2.90. The molecular formula is C14H30N4O. The maximum absolute atomic E-state index is 5.43. The average molecular weight is 270 g/mol. The fourth-order valence-electron chi connectivity index (χ4n) is 2.16. The summed E-state index contributed by atoms with van der Waals surface area (Å²) in [4.78, 5) is 9.20. The topological polar surface area (TPSA) is 40.1 Å². The van der Waals surface area contributed by atoms with Gasteiger partial charge in [0.25, 0.3) is 0 Å². The lowest BCUT2D eigenvalue weighted by atomic mass is 10.1. The van der Waals surface area contributed by atoms with Crippen molar-refractivity contribution in [3.05, 3.63) is 0 Å². The third kappa shape index (κ3) is 6.25. The lowest BCUT2D eigenvalue weighted by Gasteiger charge is -2.24. The van der Waals surface area contributed by atoms with Gasteiger partial charge in [-0.15, -0.1) is 0 Å². The minimum absolute atomic E-state index is 0.646. The van der Waals surface area contributed by atoms with Crippen molar-refractivity contribution in [3.63, 3.8) is 0 Å². The molecule has 1 unspecified atom stereocenters. The summed E-state index contributed by atoms with van der Waals surface area (Å²) in [6.45, 7) is 10.9. The standard InChI is InChI=1S/C14H30N4O/c1-5-15-14(16-8-9-17(3)6-2)18(4)11-13-7-10-19-12-13/h13H,5-12H2,1-4H3,(H,15,16). The third-order valence-electron chi connectivity index (χ3n) is 3.54. The summed E-state index contributed by atoms with van der Waals surface area (Å²) in [6, 6.07) is 0. The molecule has 0 bridgehead atoms. The minimum atomic E-state index is 0.646. The first-order valence-electron chi connectivity index (χ1n) is 7.43. The van der Waals surface area contributed by atoms with Gasteiger partial charge in [-0.3, -0.25) is 4.99 Å². The Morgan fingerprint density at radius 3 is 2.74 bits per heavy atom. The molecule has 112 valence electrons. The molecule has 0 radical (unpaired) electrons. The van der Waals surface area contributed by atoms with Crippen molar-refractivity contribution in [2.75, 3.05) is 60.0 Å². The van der Waals surface area contributed by atoms with Gasteiger partial charge >= 0.3 is 0 Å². The molecule has 1 rings (SSSR count). The van der Waals surface area contributed by atoms with Crippen LogP contribution in [0.15, 0.2) is 4.99 Å². The zero-order valence-corrected chi connectivity index (χ0v) is 13.0. The van der Waals surface area contributed by atoms with E-state index in [1.165, 1.54) is 6.42 Å². The van der Waals surface area contributed by atoms with E-state index in [9.17, 15) is 0 Å². The quantitative estimate of drug-likeness (QED) is 0.550. The van der Waals surface area contributed by atoms with Crippen LogP contribution < -0.4 is 5.32 Å². The van der Waals surface area contributed by atoms with Crippen molar-refractivity contribution in [2.45, 2.75) is 20.3 Å². The Kier molecular flexibility index (Phi) is 7.82. The van der Waals surface area contributed by atoms with Gasteiger partial charge in [0.1, 0.15) is 0 Å². The van der Waals surface area contributed by atoms with Crippen LogP contribution in [-0.4, -0.2) is 75.8 Å². The summed E-state index contributed by atoms with van der Waals surface area (Å²) in [5, 5.41) is 3.36. The third-order valence-corrected chi connectivity index (χ3v) is 3.54. The van der Waals surface area contributed by atoms with Crippen LogP contribution in [0.5, 0.6) is 0 Å². The smallest absolute Gasteiger partial charge is 0.193 e. The predicted molar refractivity (Wildman–Crippen MR) is 80.7 cm³/mol. The van der Waals surface area contributed by atoms with Crippen LogP contribution in [0.25, 0.3) is 0 Å². The van der Waals surface area contributed by atoms with Crippen molar-refractivity contribution in [1.29, 1.82) is 0 Å². The number of aliphatic imine (C=N–C) groups is 1. The molecule has 0 amide bonds. The molecule has 5 nitrogen and oxygen atoms in total. The van der Waals surface area contributed by atoms with Gasteiger partial charge in [0.2, 0.25) is 0 Å². The molecule has 0 saturated carbocycles. The molecule has 1 aliphatic rings. The second kappa shape index (κ2) is 9.15. The van der Waals surface area contributed by atoms with E-state index in [2.05, 4.69) is 43.1 Å². The first kappa shape index (κ1) is 16.2. The Morgan fingerprint density at radius 2 is 2.16 bits per heavy atom. The number of ether oxygens (including phenoxy) is 1. The molecule has 5 heteroatoms. The molecule has 1 atom stereocenters. The highest BCUT2D eigenvalue weighted by atomic mass is 16.5. The molecule has 0 spiro atoms. The highest BCUT2D eigenvalue weighted by molar-refractivity contribution is 5.79. The first-order valence-corrected chi connectivity index (χ1v) is 7.43. The molecule has 0 aliphatic carbocycles. The van der Waals surface area contributed by atoms with Crippen LogP contribution in [0.4, 0.5) is 0 Å². The Bertz CT molecular complexity index is 264. The van der Waals surface area contributed by atoms with E-state index >= 15 is 0 Å². The van der Waals surface area contributed by atoms with E-state index in [0.717, 1.165) is 51.9 Å². The van der Waals surface area contributed by atoms with Crippen molar-refractivity contribution in [2.24, 2.45) is 10.9 Å². The summed E-state index contributed by atoms with van der Waals surface area (Å²) >= 11 is 0. The fraction of sp³-hybridized carbons (Fsp3) is 0.929. The van der Waals surface area contributed by atoms with E-state index in [1.54, 1.807) is 0 Å². The largest absolute Gasteiger partial charge is 0.381 e. The highest BCUT2D eigenvalue weighted by Crippen LogP contribution is 2.13. The zero-order chi connectivity index (χ0) is 14.1. The summed E-state index contributed by atoms with van der Waals surface area (Å²) in [5.41, 5.74) is 0. The zero-order valence-electron chi connectivity index (χ0n) is 13.0. The summed E-state index contributed by atoms with van der Waals surface area (Å²) in [6.07, 6.45) is 1.17. The van der Waals surface area contributed by atoms with E-state index < -0.39 is 0 Å². The molecule has 1 heterocycles. The van der Waals surface area contributed by atoms with Gasteiger partial charge in [-0.1, -0.05) is 6.92 Å². The summed E-state index contributed by atoms with van der Waals surface area (Å²) in [7, 11) is 4.24.